The van der Waals surface area contributed by atoms with Gasteiger partial charge in [0.2, 0.25) is 5.82 Å². The zero-order valence-corrected chi connectivity index (χ0v) is 21.0. The summed E-state index contributed by atoms with van der Waals surface area (Å²) in [5.41, 5.74) is -1.70. The molecule has 0 bridgehead atoms. The SMILES string of the molecule is C/C=C/CC1CCC(c2ccc(OC(F)(F)c3ccc(-c4ccc(OC)c(F)c4F)c(F)c3F)cc2)CC1. The molecule has 1 fully saturated rings. The number of hydrogen-bond acceptors (Lipinski definition) is 2. The summed E-state index contributed by atoms with van der Waals surface area (Å²) in [7, 11) is 1.11. The Morgan fingerprint density at radius 3 is 2.00 bits per heavy atom. The first-order valence-electron chi connectivity index (χ1n) is 12.4. The maximum atomic E-state index is 14.9. The van der Waals surface area contributed by atoms with E-state index in [0.29, 0.717) is 17.9 Å². The zero-order chi connectivity index (χ0) is 27.4. The Morgan fingerprint density at radius 1 is 0.789 bits per heavy atom. The number of alkyl halides is 2. The molecule has 0 aliphatic heterocycles. The Labute approximate surface area is 217 Å². The van der Waals surface area contributed by atoms with Gasteiger partial charge in [0.05, 0.1) is 7.11 Å². The van der Waals surface area contributed by atoms with Crippen LogP contribution in [0.25, 0.3) is 11.1 Å². The van der Waals surface area contributed by atoms with Crippen LogP contribution < -0.4 is 9.47 Å². The van der Waals surface area contributed by atoms with Crippen molar-refractivity contribution in [2.45, 2.75) is 51.1 Å². The molecule has 0 N–H and O–H groups in total. The quantitative estimate of drug-likeness (QED) is 0.212. The van der Waals surface area contributed by atoms with E-state index in [4.69, 9.17) is 4.74 Å². The highest BCUT2D eigenvalue weighted by atomic mass is 19.3. The fourth-order valence-electron chi connectivity index (χ4n) is 4.95. The smallest absolute Gasteiger partial charge is 0.429 e. The van der Waals surface area contributed by atoms with Crippen molar-refractivity contribution < 1.29 is 35.8 Å². The molecule has 0 heterocycles. The van der Waals surface area contributed by atoms with E-state index in [0.717, 1.165) is 63.0 Å². The van der Waals surface area contributed by atoms with Crippen LogP contribution in [0.5, 0.6) is 11.5 Å². The van der Waals surface area contributed by atoms with Gasteiger partial charge in [-0.15, -0.1) is 0 Å². The fourth-order valence-corrected chi connectivity index (χ4v) is 4.95. The molecule has 3 aromatic rings. The van der Waals surface area contributed by atoms with E-state index in [9.17, 15) is 26.3 Å². The first kappa shape index (κ1) is 27.6. The largest absolute Gasteiger partial charge is 0.494 e. The number of rotatable bonds is 8. The minimum atomic E-state index is -4.22. The summed E-state index contributed by atoms with van der Waals surface area (Å²) in [5, 5.41) is 0. The Bertz CT molecular complexity index is 1300. The minimum Gasteiger partial charge on any atom is -0.494 e. The molecule has 0 spiro atoms. The van der Waals surface area contributed by atoms with Crippen LogP contribution in [0.15, 0.2) is 60.7 Å². The van der Waals surface area contributed by atoms with Gasteiger partial charge in [-0.25, -0.2) is 13.2 Å². The van der Waals surface area contributed by atoms with E-state index in [1.54, 1.807) is 12.1 Å². The Kier molecular flexibility index (Phi) is 8.38. The Balaban J connectivity index is 1.49. The minimum absolute atomic E-state index is 0.215. The molecular formula is C30H28F6O2. The van der Waals surface area contributed by atoms with Crippen molar-refractivity contribution in [3.05, 3.63) is 95.1 Å². The van der Waals surface area contributed by atoms with Crippen LogP contribution in [-0.2, 0) is 6.11 Å². The molecule has 0 saturated heterocycles. The summed E-state index contributed by atoms with van der Waals surface area (Å²) in [6, 6.07) is 9.53. The summed E-state index contributed by atoms with van der Waals surface area (Å²) >= 11 is 0. The highest BCUT2D eigenvalue weighted by molar-refractivity contribution is 5.66. The molecule has 2 nitrogen and oxygen atoms in total. The molecule has 202 valence electrons. The zero-order valence-electron chi connectivity index (χ0n) is 21.0. The lowest BCUT2D eigenvalue weighted by molar-refractivity contribution is -0.187. The van der Waals surface area contributed by atoms with Gasteiger partial charge in [0.1, 0.15) is 11.3 Å². The summed E-state index contributed by atoms with van der Waals surface area (Å²) in [6.07, 6.45) is 5.28. The summed E-state index contributed by atoms with van der Waals surface area (Å²) < 4.78 is 97.1. The van der Waals surface area contributed by atoms with Crippen LogP contribution in [0.4, 0.5) is 26.3 Å². The van der Waals surface area contributed by atoms with Crippen LogP contribution >= 0.6 is 0 Å². The van der Waals surface area contributed by atoms with Crippen LogP contribution in [0, 0.1) is 29.2 Å². The van der Waals surface area contributed by atoms with Gasteiger partial charge in [-0.3, -0.25) is 0 Å². The van der Waals surface area contributed by atoms with E-state index in [-0.39, 0.29) is 5.75 Å². The topological polar surface area (TPSA) is 18.5 Å². The third kappa shape index (κ3) is 5.69. The summed E-state index contributed by atoms with van der Waals surface area (Å²) in [6.45, 7) is 2.00. The lowest BCUT2D eigenvalue weighted by Gasteiger charge is -2.28. The lowest BCUT2D eigenvalue weighted by Crippen LogP contribution is -2.24. The molecule has 8 heteroatoms. The summed E-state index contributed by atoms with van der Waals surface area (Å²) in [5.74, 6) is -6.25. The predicted molar refractivity (Wildman–Crippen MR) is 133 cm³/mol. The van der Waals surface area contributed by atoms with Gasteiger partial charge in [-0.1, -0.05) is 30.4 Å². The second-order valence-electron chi connectivity index (χ2n) is 9.44. The molecule has 4 rings (SSSR count). The van der Waals surface area contributed by atoms with E-state index in [1.165, 1.54) is 12.1 Å². The number of halogens is 6. The van der Waals surface area contributed by atoms with E-state index in [1.807, 2.05) is 6.92 Å². The highest BCUT2D eigenvalue weighted by Crippen LogP contribution is 2.40. The maximum absolute atomic E-state index is 14.9. The molecule has 0 aromatic heterocycles. The molecule has 0 radical (unpaired) electrons. The van der Waals surface area contributed by atoms with Crippen LogP contribution in [-0.4, -0.2) is 7.11 Å². The van der Waals surface area contributed by atoms with E-state index < -0.39 is 51.8 Å². The maximum Gasteiger partial charge on any atom is 0.429 e. The van der Waals surface area contributed by atoms with Crippen LogP contribution in [0.2, 0.25) is 0 Å². The van der Waals surface area contributed by atoms with Gasteiger partial charge in [0.15, 0.2) is 23.2 Å². The molecule has 0 atom stereocenters. The molecule has 3 aromatic carbocycles. The number of benzene rings is 3. The van der Waals surface area contributed by atoms with Crippen molar-refractivity contribution in [2.24, 2.45) is 5.92 Å². The van der Waals surface area contributed by atoms with Crippen LogP contribution in [0.1, 0.15) is 56.1 Å². The van der Waals surface area contributed by atoms with Crippen LogP contribution in [0.3, 0.4) is 0 Å². The molecule has 1 saturated carbocycles. The van der Waals surface area contributed by atoms with Gasteiger partial charge < -0.3 is 9.47 Å². The average Bonchev–Trinajstić information content (AvgIpc) is 2.91. The van der Waals surface area contributed by atoms with Crippen molar-refractivity contribution in [1.82, 2.24) is 0 Å². The molecule has 0 unspecified atom stereocenters. The van der Waals surface area contributed by atoms with Gasteiger partial charge in [-0.2, -0.15) is 13.2 Å². The third-order valence-electron chi connectivity index (χ3n) is 7.10. The number of hydrogen-bond donors (Lipinski definition) is 0. The summed E-state index contributed by atoms with van der Waals surface area (Å²) in [4.78, 5) is 0. The van der Waals surface area contributed by atoms with Crippen molar-refractivity contribution >= 4 is 0 Å². The third-order valence-corrected chi connectivity index (χ3v) is 7.10. The van der Waals surface area contributed by atoms with E-state index in [2.05, 4.69) is 16.9 Å². The second-order valence-corrected chi connectivity index (χ2v) is 9.44. The second kappa shape index (κ2) is 11.5. The van der Waals surface area contributed by atoms with Gasteiger partial charge in [-0.05, 0) is 86.8 Å². The predicted octanol–water partition coefficient (Wildman–Crippen LogP) is 9.29. The number of ether oxygens (including phenoxy) is 2. The molecular weight excluding hydrogens is 506 g/mol. The van der Waals surface area contributed by atoms with Crippen molar-refractivity contribution in [3.8, 4) is 22.6 Å². The fraction of sp³-hybridized carbons (Fsp3) is 0.333. The van der Waals surface area contributed by atoms with Gasteiger partial charge in [0, 0.05) is 11.1 Å². The molecule has 1 aliphatic carbocycles. The first-order chi connectivity index (χ1) is 18.2. The molecule has 1 aliphatic rings. The van der Waals surface area contributed by atoms with Gasteiger partial charge >= 0.3 is 6.11 Å². The van der Waals surface area contributed by atoms with Crippen molar-refractivity contribution in [3.63, 3.8) is 0 Å². The monoisotopic (exact) mass is 534 g/mol. The Morgan fingerprint density at radius 2 is 1.39 bits per heavy atom. The highest BCUT2D eigenvalue weighted by Gasteiger charge is 2.39. The standard InChI is InChI=1S/C30H28F6O2/c1-3-4-5-18-6-8-19(9-7-18)20-10-12-21(13-11-20)38-30(35,36)24-16-14-22(26(31)28(24)33)23-15-17-25(37-2)29(34)27(23)32/h3-4,10-19H,5-9H2,1-2H3/b4-3+. The first-order valence-corrected chi connectivity index (χ1v) is 12.4. The Hall–Kier alpha value is -3.42. The molecule has 38 heavy (non-hydrogen) atoms. The lowest BCUT2D eigenvalue weighted by atomic mass is 9.77. The van der Waals surface area contributed by atoms with Crippen molar-refractivity contribution in [2.75, 3.05) is 7.11 Å². The van der Waals surface area contributed by atoms with Crippen molar-refractivity contribution in [1.29, 1.82) is 0 Å². The average molecular weight is 535 g/mol. The normalized spacial score (nSPS) is 18.1. The van der Waals surface area contributed by atoms with E-state index >= 15 is 0 Å². The van der Waals surface area contributed by atoms with Gasteiger partial charge in [0.25, 0.3) is 0 Å². The molecule has 0 amide bonds. The number of allylic oxidation sites excluding steroid dienone is 2. The number of methoxy groups -OCH3 is 1.